The molecule has 14 heavy (non-hydrogen) atoms. The number of hydrogen-bond donors (Lipinski definition) is 1. The van der Waals surface area contributed by atoms with Crippen molar-refractivity contribution in [2.75, 3.05) is 32.2 Å². The Bertz CT molecular complexity index is 304. The van der Waals surface area contributed by atoms with Crippen molar-refractivity contribution >= 4 is 0 Å². The minimum Gasteiger partial charge on any atom is -0.316 e. The molecule has 5 heteroatoms. The van der Waals surface area contributed by atoms with E-state index in [1.165, 1.54) is 11.4 Å². The smallest absolute Gasteiger partial charge is 0.0882 e. The van der Waals surface area contributed by atoms with Crippen LogP contribution >= 0.6 is 0 Å². The molecule has 0 atom stereocenters. The monoisotopic (exact) mass is 195 g/mol. The van der Waals surface area contributed by atoms with E-state index in [-0.39, 0.29) is 0 Å². The molecule has 0 amide bonds. The quantitative estimate of drug-likeness (QED) is 0.659. The molecule has 1 aliphatic rings. The average molecular weight is 195 g/mol. The largest absolute Gasteiger partial charge is 0.316 e. The van der Waals surface area contributed by atoms with Crippen molar-refractivity contribution in [2.24, 2.45) is 0 Å². The second kappa shape index (κ2) is 3.96. The van der Waals surface area contributed by atoms with Crippen LogP contribution in [0.5, 0.6) is 0 Å². The molecule has 0 bridgehead atoms. The van der Waals surface area contributed by atoms with Crippen molar-refractivity contribution in [2.45, 2.75) is 19.3 Å². The molecular weight excluding hydrogens is 178 g/mol. The van der Waals surface area contributed by atoms with Crippen LogP contribution in [0.2, 0.25) is 0 Å². The molecule has 0 fully saturated rings. The Hall–Kier alpha value is -1.10. The van der Waals surface area contributed by atoms with Gasteiger partial charge in [0.2, 0.25) is 0 Å². The molecule has 1 aromatic heterocycles. The van der Waals surface area contributed by atoms with Crippen molar-refractivity contribution in [1.29, 1.82) is 0 Å². The highest BCUT2D eigenvalue weighted by atomic mass is 15.7. The summed E-state index contributed by atoms with van der Waals surface area (Å²) in [4.78, 5) is 1.89. The van der Waals surface area contributed by atoms with Gasteiger partial charge in [-0.15, -0.1) is 5.10 Å². The summed E-state index contributed by atoms with van der Waals surface area (Å²) in [6.45, 7) is 2.11. The molecule has 0 saturated heterocycles. The number of nitrogens with one attached hydrogen (secondary N) is 1. The average Bonchev–Trinajstić information content (AvgIpc) is 2.47. The zero-order valence-electron chi connectivity index (χ0n) is 8.82. The van der Waals surface area contributed by atoms with E-state index in [9.17, 15) is 0 Å². The molecule has 0 saturated carbocycles. The Morgan fingerprint density at radius 1 is 1.29 bits per heavy atom. The third-order valence-electron chi connectivity index (χ3n) is 2.51. The third-order valence-corrected chi connectivity index (χ3v) is 2.51. The fourth-order valence-corrected chi connectivity index (χ4v) is 1.80. The third kappa shape index (κ3) is 1.72. The van der Waals surface area contributed by atoms with E-state index in [0.717, 1.165) is 32.4 Å². The van der Waals surface area contributed by atoms with E-state index in [4.69, 9.17) is 0 Å². The first-order valence-corrected chi connectivity index (χ1v) is 5.11. The van der Waals surface area contributed by atoms with Crippen molar-refractivity contribution in [3.05, 3.63) is 11.4 Å². The number of fused-ring (bicyclic) bond motifs is 1. The van der Waals surface area contributed by atoms with Crippen molar-refractivity contribution < 1.29 is 0 Å². The van der Waals surface area contributed by atoms with Gasteiger partial charge in [0.05, 0.1) is 11.4 Å². The molecule has 0 unspecified atom stereocenters. The summed E-state index contributed by atoms with van der Waals surface area (Å²) in [7, 11) is 3.97. The molecule has 2 rings (SSSR count). The lowest BCUT2D eigenvalue weighted by Crippen LogP contribution is -2.31. The van der Waals surface area contributed by atoms with Gasteiger partial charge in [-0.2, -0.15) is 4.79 Å². The molecule has 2 heterocycles. The normalized spacial score (nSPS) is 17.0. The molecule has 1 aromatic rings. The number of rotatable bonds is 1. The summed E-state index contributed by atoms with van der Waals surface area (Å²) in [6, 6.07) is 0. The van der Waals surface area contributed by atoms with E-state index in [2.05, 4.69) is 15.6 Å². The maximum atomic E-state index is 4.22. The minimum atomic E-state index is 1.01. The van der Waals surface area contributed by atoms with Crippen LogP contribution in [-0.2, 0) is 12.8 Å². The second-order valence-electron chi connectivity index (χ2n) is 3.82. The van der Waals surface area contributed by atoms with Gasteiger partial charge in [-0.1, -0.05) is 0 Å². The lowest BCUT2D eigenvalue weighted by Gasteiger charge is -2.17. The standard InChI is InChI=1S/C9H17N5/c1-13(2)14-9-5-7-10-6-3-4-8(9)11-12-14/h10H,3-7H2,1-2H3. The highest BCUT2D eigenvalue weighted by molar-refractivity contribution is 5.13. The SMILES string of the molecule is CN(C)n1nnc2c1CCNCCC2. The number of nitrogens with zero attached hydrogens (tertiary/aromatic N) is 4. The number of hydrogen-bond acceptors (Lipinski definition) is 4. The predicted octanol–water partition coefficient (Wildman–Crippen LogP) is -0.446. The zero-order chi connectivity index (χ0) is 9.97. The lowest BCUT2D eigenvalue weighted by molar-refractivity contribution is 0.561. The van der Waals surface area contributed by atoms with Crippen LogP contribution in [0.1, 0.15) is 17.8 Å². The van der Waals surface area contributed by atoms with Gasteiger partial charge in [0, 0.05) is 27.1 Å². The molecule has 1 N–H and O–H groups in total. The van der Waals surface area contributed by atoms with E-state index in [1.807, 2.05) is 23.9 Å². The highest BCUT2D eigenvalue weighted by Crippen LogP contribution is 2.10. The van der Waals surface area contributed by atoms with Crippen LogP contribution in [0, 0.1) is 0 Å². The van der Waals surface area contributed by atoms with Gasteiger partial charge in [0.1, 0.15) is 0 Å². The van der Waals surface area contributed by atoms with E-state index in [0.29, 0.717) is 0 Å². The summed E-state index contributed by atoms with van der Waals surface area (Å²) in [6.07, 6.45) is 3.20. The van der Waals surface area contributed by atoms with E-state index in [1.54, 1.807) is 0 Å². The van der Waals surface area contributed by atoms with Crippen molar-refractivity contribution in [3.8, 4) is 0 Å². The minimum absolute atomic E-state index is 1.01. The van der Waals surface area contributed by atoms with Gasteiger partial charge in [-0.05, 0) is 24.6 Å². The molecule has 0 radical (unpaired) electrons. The highest BCUT2D eigenvalue weighted by Gasteiger charge is 2.15. The van der Waals surface area contributed by atoms with Crippen LogP contribution in [0.25, 0.3) is 0 Å². The van der Waals surface area contributed by atoms with Gasteiger partial charge in [0.25, 0.3) is 0 Å². The molecule has 78 valence electrons. The zero-order valence-corrected chi connectivity index (χ0v) is 8.82. The number of aromatic nitrogens is 3. The Morgan fingerprint density at radius 3 is 2.93 bits per heavy atom. The lowest BCUT2D eigenvalue weighted by atomic mass is 10.1. The summed E-state index contributed by atoms with van der Waals surface area (Å²) in [5.41, 5.74) is 2.42. The second-order valence-corrected chi connectivity index (χ2v) is 3.82. The fourth-order valence-electron chi connectivity index (χ4n) is 1.80. The maximum absolute atomic E-state index is 4.22. The summed E-state index contributed by atoms with van der Waals surface area (Å²) >= 11 is 0. The Morgan fingerprint density at radius 2 is 2.14 bits per heavy atom. The van der Waals surface area contributed by atoms with Crippen LogP contribution < -0.4 is 10.3 Å². The predicted molar refractivity (Wildman–Crippen MR) is 55.0 cm³/mol. The Balaban J connectivity index is 2.28. The molecule has 1 aliphatic heterocycles. The summed E-state index contributed by atoms with van der Waals surface area (Å²) < 4.78 is 0. The van der Waals surface area contributed by atoms with Gasteiger partial charge in [-0.3, -0.25) is 0 Å². The molecule has 0 spiro atoms. The maximum Gasteiger partial charge on any atom is 0.0882 e. The van der Waals surface area contributed by atoms with Crippen molar-refractivity contribution in [3.63, 3.8) is 0 Å². The topological polar surface area (TPSA) is 46.0 Å². The summed E-state index contributed by atoms with van der Waals surface area (Å²) in [5.74, 6) is 0. The summed E-state index contributed by atoms with van der Waals surface area (Å²) in [5, 5.41) is 13.7. The molecule has 0 aliphatic carbocycles. The van der Waals surface area contributed by atoms with E-state index < -0.39 is 0 Å². The first kappa shape index (κ1) is 9.45. The molecular formula is C9H17N5. The van der Waals surface area contributed by atoms with Crippen LogP contribution in [0.3, 0.4) is 0 Å². The van der Waals surface area contributed by atoms with Crippen LogP contribution in [0.4, 0.5) is 0 Å². The Kier molecular flexibility index (Phi) is 2.67. The Labute approximate surface area is 84.1 Å². The number of aryl methyl sites for hydroxylation is 1. The first-order chi connectivity index (χ1) is 6.79. The van der Waals surface area contributed by atoms with Gasteiger partial charge in [-0.25, -0.2) is 0 Å². The fraction of sp³-hybridized carbons (Fsp3) is 0.778. The molecule has 0 aromatic carbocycles. The van der Waals surface area contributed by atoms with Gasteiger partial charge < -0.3 is 10.3 Å². The van der Waals surface area contributed by atoms with Crippen molar-refractivity contribution in [1.82, 2.24) is 20.4 Å². The molecule has 5 nitrogen and oxygen atoms in total. The van der Waals surface area contributed by atoms with E-state index >= 15 is 0 Å². The van der Waals surface area contributed by atoms with Gasteiger partial charge in [0.15, 0.2) is 0 Å². The first-order valence-electron chi connectivity index (χ1n) is 5.11. The van der Waals surface area contributed by atoms with Crippen LogP contribution in [-0.4, -0.2) is 42.3 Å². The van der Waals surface area contributed by atoms with Crippen LogP contribution in [0.15, 0.2) is 0 Å². The van der Waals surface area contributed by atoms with Gasteiger partial charge >= 0.3 is 0 Å².